The number of aromatic nitrogens is 2. The van der Waals surface area contributed by atoms with Gasteiger partial charge in [-0.3, -0.25) is 4.98 Å². The third-order valence-electron chi connectivity index (χ3n) is 2.53. The zero-order valence-electron chi connectivity index (χ0n) is 10.2. The van der Waals surface area contributed by atoms with Gasteiger partial charge in [0.2, 0.25) is 0 Å². The second-order valence-electron chi connectivity index (χ2n) is 4.24. The average Bonchev–Trinajstić information content (AvgIpc) is 2.75. The molecule has 0 aromatic carbocycles. The zero-order chi connectivity index (χ0) is 12.3. The molecule has 2 rings (SSSR count). The molecule has 0 saturated heterocycles. The van der Waals surface area contributed by atoms with Crippen molar-refractivity contribution in [1.82, 2.24) is 9.97 Å². The molecule has 2 aromatic heterocycles. The summed E-state index contributed by atoms with van der Waals surface area (Å²) in [5.41, 5.74) is 7.76. The highest BCUT2D eigenvalue weighted by atomic mass is 32.1. The van der Waals surface area contributed by atoms with Crippen molar-refractivity contribution in [2.75, 3.05) is 6.54 Å². The molecule has 0 radical (unpaired) electrons. The Morgan fingerprint density at radius 2 is 2.18 bits per heavy atom. The Balaban J connectivity index is 2.40. The minimum Gasteiger partial charge on any atom is -0.330 e. The first-order valence-electron chi connectivity index (χ1n) is 5.83. The number of hydrogen-bond donors (Lipinski definition) is 1. The molecular formula is C13H17N3S. The number of hydrogen-bond acceptors (Lipinski definition) is 4. The maximum atomic E-state index is 5.64. The van der Waals surface area contributed by atoms with Gasteiger partial charge in [-0.15, -0.1) is 11.3 Å². The van der Waals surface area contributed by atoms with E-state index >= 15 is 0 Å². The van der Waals surface area contributed by atoms with Crippen molar-refractivity contribution in [3.63, 3.8) is 0 Å². The standard InChI is InChI=1S/C13H17N3S/c1-9(2)12-11(6-7-14)17-13(16-12)10-5-3-4-8-15-10/h3-5,8-9H,6-7,14H2,1-2H3. The molecule has 2 aromatic rings. The summed E-state index contributed by atoms with van der Waals surface area (Å²) < 4.78 is 0. The van der Waals surface area contributed by atoms with Gasteiger partial charge < -0.3 is 5.73 Å². The van der Waals surface area contributed by atoms with Crippen LogP contribution in [0.2, 0.25) is 0 Å². The van der Waals surface area contributed by atoms with Crippen molar-refractivity contribution in [2.45, 2.75) is 26.2 Å². The number of rotatable bonds is 4. The summed E-state index contributed by atoms with van der Waals surface area (Å²) in [6, 6.07) is 5.90. The van der Waals surface area contributed by atoms with E-state index in [0.717, 1.165) is 17.1 Å². The molecule has 17 heavy (non-hydrogen) atoms. The molecule has 0 spiro atoms. The molecule has 2 N–H and O–H groups in total. The lowest BCUT2D eigenvalue weighted by molar-refractivity contribution is 0.809. The van der Waals surface area contributed by atoms with Crippen molar-refractivity contribution < 1.29 is 0 Å². The molecule has 0 aliphatic carbocycles. The van der Waals surface area contributed by atoms with Gasteiger partial charge in [0.1, 0.15) is 5.01 Å². The Kier molecular flexibility index (Phi) is 3.86. The first-order valence-corrected chi connectivity index (χ1v) is 6.65. The minimum atomic E-state index is 0.435. The molecule has 0 fully saturated rings. The maximum Gasteiger partial charge on any atom is 0.142 e. The van der Waals surface area contributed by atoms with Crippen LogP contribution in [0.1, 0.15) is 30.3 Å². The molecule has 2 heterocycles. The second kappa shape index (κ2) is 5.38. The second-order valence-corrected chi connectivity index (χ2v) is 5.32. The van der Waals surface area contributed by atoms with Gasteiger partial charge >= 0.3 is 0 Å². The number of thiazole rings is 1. The SMILES string of the molecule is CC(C)c1nc(-c2ccccn2)sc1CCN. The molecule has 4 heteroatoms. The normalized spacial score (nSPS) is 11.1. The van der Waals surface area contributed by atoms with Crippen molar-refractivity contribution in [3.05, 3.63) is 35.0 Å². The Morgan fingerprint density at radius 3 is 2.76 bits per heavy atom. The van der Waals surface area contributed by atoms with Gasteiger partial charge in [0, 0.05) is 11.1 Å². The fraction of sp³-hybridized carbons (Fsp3) is 0.385. The monoisotopic (exact) mass is 247 g/mol. The number of pyridine rings is 1. The Bertz CT molecular complexity index is 477. The summed E-state index contributed by atoms with van der Waals surface area (Å²) in [6.45, 7) is 5.00. The maximum absolute atomic E-state index is 5.64. The third-order valence-corrected chi connectivity index (χ3v) is 3.68. The van der Waals surface area contributed by atoms with Crippen LogP contribution in [0.25, 0.3) is 10.7 Å². The topological polar surface area (TPSA) is 51.8 Å². The van der Waals surface area contributed by atoms with E-state index in [0.29, 0.717) is 12.5 Å². The van der Waals surface area contributed by atoms with E-state index in [9.17, 15) is 0 Å². The third kappa shape index (κ3) is 2.70. The molecule has 0 aliphatic rings. The Morgan fingerprint density at radius 1 is 1.35 bits per heavy atom. The van der Waals surface area contributed by atoms with Crippen molar-refractivity contribution in [1.29, 1.82) is 0 Å². The first kappa shape index (κ1) is 12.2. The van der Waals surface area contributed by atoms with Crippen LogP contribution in [0.4, 0.5) is 0 Å². The van der Waals surface area contributed by atoms with Gasteiger partial charge in [0.05, 0.1) is 11.4 Å². The van der Waals surface area contributed by atoms with Crippen LogP contribution < -0.4 is 5.73 Å². The molecule has 0 aliphatic heterocycles. The van der Waals surface area contributed by atoms with Crippen LogP contribution in [0.15, 0.2) is 24.4 Å². The van der Waals surface area contributed by atoms with Gasteiger partial charge in [-0.1, -0.05) is 19.9 Å². The fourth-order valence-electron chi connectivity index (χ4n) is 1.72. The van der Waals surface area contributed by atoms with E-state index < -0.39 is 0 Å². The number of nitrogens with zero attached hydrogens (tertiary/aromatic N) is 2. The van der Waals surface area contributed by atoms with Crippen LogP contribution in [0.3, 0.4) is 0 Å². The molecular weight excluding hydrogens is 230 g/mol. The summed E-state index contributed by atoms with van der Waals surface area (Å²) in [5, 5.41) is 0.998. The van der Waals surface area contributed by atoms with E-state index in [2.05, 4.69) is 18.8 Å². The fourth-order valence-corrected chi connectivity index (χ4v) is 2.93. The summed E-state index contributed by atoms with van der Waals surface area (Å²) >= 11 is 1.71. The first-order chi connectivity index (χ1) is 8.22. The largest absolute Gasteiger partial charge is 0.330 e. The highest BCUT2D eigenvalue weighted by Gasteiger charge is 2.14. The summed E-state index contributed by atoms with van der Waals surface area (Å²) in [6.07, 6.45) is 2.70. The lowest BCUT2D eigenvalue weighted by Crippen LogP contribution is -2.04. The van der Waals surface area contributed by atoms with E-state index in [1.807, 2.05) is 18.2 Å². The van der Waals surface area contributed by atoms with E-state index in [1.54, 1.807) is 17.5 Å². The predicted octanol–water partition coefficient (Wildman–Crippen LogP) is 2.83. The molecule has 3 nitrogen and oxygen atoms in total. The number of nitrogens with two attached hydrogens (primary N) is 1. The highest BCUT2D eigenvalue weighted by Crippen LogP contribution is 2.30. The lowest BCUT2D eigenvalue weighted by Gasteiger charge is -2.02. The van der Waals surface area contributed by atoms with E-state index in [4.69, 9.17) is 10.7 Å². The summed E-state index contributed by atoms with van der Waals surface area (Å²) in [7, 11) is 0. The Hall–Kier alpha value is -1.26. The molecule has 0 unspecified atom stereocenters. The van der Waals surface area contributed by atoms with Crippen LogP contribution in [-0.4, -0.2) is 16.5 Å². The van der Waals surface area contributed by atoms with Gasteiger partial charge in [0.15, 0.2) is 0 Å². The summed E-state index contributed by atoms with van der Waals surface area (Å²) in [5.74, 6) is 0.435. The molecule has 0 amide bonds. The quantitative estimate of drug-likeness (QED) is 0.904. The molecule has 0 saturated carbocycles. The van der Waals surface area contributed by atoms with Crippen LogP contribution >= 0.6 is 11.3 Å². The van der Waals surface area contributed by atoms with Crippen LogP contribution in [0.5, 0.6) is 0 Å². The van der Waals surface area contributed by atoms with Crippen molar-refractivity contribution in [3.8, 4) is 10.7 Å². The average molecular weight is 247 g/mol. The summed E-state index contributed by atoms with van der Waals surface area (Å²) in [4.78, 5) is 10.3. The van der Waals surface area contributed by atoms with Gasteiger partial charge in [-0.2, -0.15) is 0 Å². The lowest BCUT2D eigenvalue weighted by atomic mass is 10.1. The van der Waals surface area contributed by atoms with Gasteiger partial charge in [-0.25, -0.2) is 4.98 Å². The highest BCUT2D eigenvalue weighted by molar-refractivity contribution is 7.15. The van der Waals surface area contributed by atoms with E-state index in [1.165, 1.54) is 10.6 Å². The molecule has 90 valence electrons. The van der Waals surface area contributed by atoms with Crippen molar-refractivity contribution >= 4 is 11.3 Å². The van der Waals surface area contributed by atoms with Crippen LogP contribution in [0, 0.1) is 0 Å². The molecule has 0 bridgehead atoms. The van der Waals surface area contributed by atoms with Gasteiger partial charge in [-0.05, 0) is 31.0 Å². The smallest absolute Gasteiger partial charge is 0.142 e. The molecule has 0 atom stereocenters. The Labute approximate surface area is 106 Å². The van der Waals surface area contributed by atoms with E-state index in [-0.39, 0.29) is 0 Å². The van der Waals surface area contributed by atoms with Gasteiger partial charge in [0.25, 0.3) is 0 Å². The van der Waals surface area contributed by atoms with Crippen LogP contribution in [-0.2, 0) is 6.42 Å². The van der Waals surface area contributed by atoms with Crippen molar-refractivity contribution in [2.24, 2.45) is 5.73 Å². The zero-order valence-corrected chi connectivity index (χ0v) is 11.0. The predicted molar refractivity (Wildman–Crippen MR) is 72.2 cm³/mol. The minimum absolute atomic E-state index is 0.435.